The van der Waals surface area contributed by atoms with E-state index < -0.39 is 5.92 Å². The summed E-state index contributed by atoms with van der Waals surface area (Å²) < 4.78 is 0. The van der Waals surface area contributed by atoms with Crippen LogP contribution in [0.3, 0.4) is 0 Å². The second-order valence-corrected chi connectivity index (χ2v) is 7.57. The highest BCUT2D eigenvalue weighted by molar-refractivity contribution is 6.09. The summed E-state index contributed by atoms with van der Waals surface area (Å²) in [5.74, 6) is -0.435. The molecule has 3 unspecified atom stereocenters. The number of nitrogens with zero attached hydrogens (tertiary/aromatic N) is 1. The van der Waals surface area contributed by atoms with Gasteiger partial charge in [0.25, 0.3) is 0 Å². The zero-order valence-corrected chi connectivity index (χ0v) is 16.5. The molecule has 1 saturated carbocycles. The number of rotatable bonds is 4. The van der Waals surface area contributed by atoms with Crippen LogP contribution in [0.2, 0.25) is 0 Å². The SMILES string of the molecule is Cc1cc(C)cc(N2CCC(C(=O)NC3CCCCC3CN)C2=O)c1.Cl. The topological polar surface area (TPSA) is 75.4 Å². The van der Waals surface area contributed by atoms with Crippen molar-refractivity contribution in [2.24, 2.45) is 17.6 Å². The minimum atomic E-state index is -0.568. The molecule has 3 N–H and O–H groups in total. The Kier molecular flexibility index (Phi) is 7.07. The summed E-state index contributed by atoms with van der Waals surface area (Å²) >= 11 is 0. The lowest BCUT2D eigenvalue weighted by Crippen LogP contribution is -2.48. The number of hydrogen-bond acceptors (Lipinski definition) is 3. The maximum atomic E-state index is 12.8. The molecule has 6 heteroatoms. The van der Waals surface area contributed by atoms with Gasteiger partial charge in [-0.3, -0.25) is 9.59 Å². The summed E-state index contributed by atoms with van der Waals surface area (Å²) in [7, 11) is 0. The third-order valence-electron chi connectivity index (χ3n) is 5.58. The zero-order valence-electron chi connectivity index (χ0n) is 15.7. The van der Waals surface area contributed by atoms with Crippen molar-refractivity contribution < 1.29 is 9.59 Å². The molecule has 0 aromatic heterocycles. The first-order chi connectivity index (χ1) is 12.0. The standard InChI is InChI=1S/C20H29N3O2.ClH/c1-13-9-14(2)11-16(10-13)23-8-7-17(20(23)25)19(24)22-18-6-4-3-5-15(18)12-21;/h9-11,15,17-18H,3-8,12,21H2,1-2H3,(H,22,24);1H. The molecule has 1 aliphatic carbocycles. The van der Waals surface area contributed by atoms with Gasteiger partial charge in [-0.2, -0.15) is 0 Å². The number of carbonyl (C=O) groups is 2. The number of nitrogens with one attached hydrogen (secondary N) is 1. The van der Waals surface area contributed by atoms with Crippen LogP contribution in [0.25, 0.3) is 0 Å². The number of aryl methyl sites for hydroxylation is 2. The molecule has 5 nitrogen and oxygen atoms in total. The van der Waals surface area contributed by atoms with Crippen molar-refractivity contribution in [3.63, 3.8) is 0 Å². The van der Waals surface area contributed by atoms with E-state index in [1.54, 1.807) is 4.90 Å². The quantitative estimate of drug-likeness (QED) is 0.790. The molecule has 3 rings (SSSR count). The normalized spacial score (nSPS) is 25.7. The van der Waals surface area contributed by atoms with Gasteiger partial charge in [0.05, 0.1) is 0 Å². The number of hydrogen-bond donors (Lipinski definition) is 2. The Morgan fingerprint density at radius 3 is 2.46 bits per heavy atom. The Morgan fingerprint density at radius 2 is 1.81 bits per heavy atom. The Bertz CT molecular complexity index is 644. The van der Waals surface area contributed by atoms with Gasteiger partial charge in [0.15, 0.2) is 0 Å². The van der Waals surface area contributed by atoms with Crippen LogP contribution in [-0.4, -0.2) is 30.9 Å². The highest BCUT2D eigenvalue weighted by Gasteiger charge is 2.39. The number of anilines is 1. The molecule has 3 atom stereocenters. The van der Waals surface area contributed by atoms with Crippen molar-refractivity contribution >= 4 is 29.9 Å². The second-order valence-electron chi connectivity index (χ2n) is 7.57. The van der Waals surface area contributed by atoms with Crippen LogP contribution in [-0.2, 0) is 9.59 Å². The second kappa shape index (κ2) is 8.87. The largest absolute Gasteiger partial charge is 0.352 e. The first kappa shape index (κ1) is 20.7. The molecular weight excluding hydrogens is 350 g/mol. The van der Waals surface area contributed by atoms with Crippen LogP contribution in [0, 0.1) is 25.7 Å². The molecule has 2 amide bonds. The molecule has 2 fully saturated rings. The Balaban J connectivity index is 0.00000243. The molecule has 1 saturated heterocycles. The molecule has 0 spiro atoms. The Labute approximate surface area is 162 Å². The minimum absolute atomic E-state index is 0. The molecule has 1 aromatic rings. The molecule has 144 valence electrons. The van der Waals surface area contributed by atoms with Crippen LogP contribution < -0.4 is 16.0 Å². The maximum Gasteiger partial charge on any atom is 0.239 e. The lowest BCUT2D eigenvalue weighted by Gasteiger charge is -2.32. The van der Waals surface area contributed by atoms with Gasteiger partial charge < -0.3 is 16.0 Å². The van der Waals surface area contributed by atoms with Crippen molar-refractivity contribution in [3.05, 3.63) is 29.3 Å². The molecular formula is C20H30ClN3O2. The van der Waals surface area contributed by atoms with E-state index in [0.29, 0.717) is 25.4 Å². The van der Waals surface area contributed by atoms with E-state index in [1.165, 1.54) is 6.42 Å². The Hall–Kier alpha value is -1.59. The summed E-state index contributed by atoms with van der Waals surface area (Å²) in [4.78, 5) is 27.3. The highest BCUT2D eigenvalue weighted by atomic mass is 35.5. The third-order valence-corrected chi connectivity index (χ3v) is 5.58. The predicted octanol–water partition coefficient (Wildman–Crippen LogP) is 2.71. The average Bonchev–Trinajstić information content (AvgIpc) is 2.96. The van der Waals surface area contributed by atoms with Crippen LogP contribution in [0.4, 0.5) is 5.69 Å². The fourth-order valence-corrected chi connectivity index (χ4v) is 4.25. The third kappa shape index (κ3) is 4.38. The van der Waals surface area contributed by atoms with E-state index in [-0.39, 0.29) is 30.3 Å². The number of benzene rings is 1. The number of carbonyl (C=O) groups excluding carboxylic acids is 2. The molecule has 1 aromatic carbocycles. The van der Waals surface area contributed by atoms with E-state index >= 15 is 0 Å². The van der Waals surface area contributed by atoms with Gasteiger partial charge in [-0.05, 0) is 68.8 Å². The van der Waals surface area contributed by atoms with Gasteiger partial charge >= 0.3 is 0 Å². The van der Waals surface area contributed by atoms with Crippen LogP contribution in [0.1, 0.15) is 43.2 Å². The molecule has 0 bridgehead atoms. The molecule has 2 aliphatic rings. The number of halogens is 1. The Morgan fingerprint density at radius 1 is 1.15 bits per heavy atom. The lowest BCUT2D eigenvalue weighted by atomic mass is 9.84. The van der Waals surface area contributed by atoms with Gasteiger partial charge in [0, 0.05) is 18.3 Å². The van der Waals surface area contributed by atoms with E-state index in [4.69, 9.17) is 5.73 Å². The summed E-state index contributed by atoms with van der Waals surface area (Å²) in [6.45, 7) is 5.25. The summed E-state index contributed by atoms with van der Waals surface area (Å²) in [6, 6.07) is 6.23. The monoisotopic (exact) mass is 379 g/mol. The van der Waals surface area contributed by atoms with Crippen LogP contribution in [0.5, 0.6) is 0 Å². The molecule has 26 heavy (non-hydrogen) atoms. The van der Waals surface area contributed by atoms with Gasteiger partial charge in [-0.15, -0.1) is 12.4 Å². The van der Waals surface area contributed by atoms with E-state index in [9.17, 15) is 9.59 Å². The van der Waals surface area contributed by atoms with E-state index in [0.717, 1.165) is 36.1 Å². The summed E-state index contributed by atoms with van der Waals surface area (Å²) in [5.41, 5.74) is 9.01. The van der Waals surface area contributed by atoms with Gasteiger partial charge in [0.1, 0.15) is 5.92 Å². The van der Waals surface area contributed by atoms with Crippen molar-refractivity contribution in [3.8, 4) is 0 Å². The fraction of sp³-hybridized carbons (Fsp3) is 0.600. The summed E-state index contributed by atoms with van der Waals surface area (Å²) in [5, 5.41) is 3.12. The van der Waals surface area contributed by atoms with Gasteiger partial charge in [-0.1, -0.05) is 18.9 Å². The van der Waals surface area contributed by atoms with E-state index in [2.05, 4.69) is 11.4 Å². The zero-order chi connectivity index (χ0) is 18.0. The van der Waals surface area contributed by atoms with Crippen LogP contribution in [0.15, 0.2) is 18.2 Å². The fourth-order valence-electron chi connectivity index (χ4n) is 4.25. The van der Waals surface area contributed by atoms with Crippen molar-refractivity contribution in [2.45, 2.75) is 52.0 Å². The van der Waals surface area contributed by atoms with Crippen LogP contribution >= 0.6 is 12.4 Å². The summed E-state index contributed by atoms with van der Waals surface area (Å²) in [6.07, 6.45) is 4.91. The molecule has 1 aliphatic heterocycles. The van der Waals surface area contributed by atoms with E-state index in [1.807, 2.05) is 26.0 Å². The predicted molar refractivity (Wildman–Crippen MR) is 107 cm³/mol. The first-order valence-electron chi connectivity index (χ1n) is 9.39. The molecule has 0 radical (unpaired) electrons. The average molecular weight is 380 g/mol. The van der Waals surface area contributed by atoms with Gasteiger partial charge in [-0.25, -0.2) is 0 Å². The van der Waals surface area contributed by atoms with Crippen molar-refractivity contribution in [1.29, 1.82) is 0 Å². The van der Waals surface area contributed by atoms with Gasteiger partial charge in [0.2, 0.25) is 11.8 Å². The molecule has 1 heterocycles. The maximum absolute atomic E-state index is 12.8. The van der Waals surface area contributed by atoms with Crippen molar-refractivity contribution in [2.75, 3.05) is 18.0 Å². The highest BCUT2D eigenvalue weighted by Crippen LogP contribution is 2.28. The number of amides is 2. The van der Waals surface area contributed by atoms with Crippen molar-refractivity contribution in [1.82, 2.24) is 5.32 Å². The minimum Gasteiger partial charge on any atom is -0.352 e. The smallest absolute Gasteiger partial charge is 0.239 e. The first-order valence-corrected chi connectivity index (χ1v) is 9.39. The number of nitrogens with two attached hydrogens (primary N) is 1. The lowest BCUT2D eigenvalue weighted by molar-refractivity contribution is -0.133.